The van der Waals surface area contributed by atoms with Crippen LogP contribution in [0, 0.1) is 0 Å². The lowest BCUT2D eigenvalue weighted by atomic mass is 9.79. The second kappa shape index (κ2) is 7.45. The van der Waals surface area contributed by atoms with Crippen LogP contribution in [-0.4, -0.2) is 12.6 Å². The first kappa shape index (κ1) is 15.8. The summed E-state index contributed by atoms with van der Waals surface area (Å²) in [5.41, 5.74) is 2.00. The van der Waals surface area contributed by atoms with Gasteiger partial charge < -0.3 is 4.74 Å². The SMILES string of the molecule is O=C(OCCCc1ccccc1)C1(c2ccccc2)CCCC1. The molecule has 0 heterocycles. The molecule has 2 aromatic carbocycles. The average Bonchev–Trinajstić information content (AvgIpc) is 3.11. The van der Waals surface area contributed by atoms with Crippen molar-refractivity contribution < 1.29 is 9.53 Å². The van der Waals surface area contributed by atoms with Gasteiger partial charge in [0.1, 0.15) is 0 Å². The Balaban J connectivity index is 1.57. The molecule has 3 rings (SSSR count). The maximum Gasteiger partial charge on any atom is 0.316 e. The molecule has 0 aliphatic heterocycles. The number of carbonyl (C=O) groups excluding carboxylic acids is 1. The van der Waals surface area contributed by atoms with Crippen LogP contribution in [0.25, 0.3) is 0 Å². The van der Waals surface area contributed by atoms with Crippen molar-refractivity contribution in [2.24, 2.45) is 0 Å². The largest absolute Gasteiger partial charge is 0.465 e. The Hall–Kier alpha value is -2.09. The fourth-order valence-corrected chi connectivity index (χ4v) is 3.57. The highest BCUT2D eigenvalue weighted by Gasteiger charge is 2.43. The topological polar surface area (TPSA) is 26.3 Å². The normalized spacial score (nSPS) is 16.2. The Kier molecular flexibility index (Phi) is 5.12. The summed E-state index contributed by atoms with van der Waals surface area (Å²) in [6.07, 6.45) is 5.86. The lowest BCUT2D eigenvalue weighted by molar-refractivity contribution is -0.150. The number of carbonyl (C=O) groups is 1. The van der Waals surface area contributed by atoms with Crippen molar-refractivity contribution in [2.45, 2.75) is 43.9 Å². The highest BCUT2D eigenvalue weighted by molar-refractivity contribution is 5.83. The number of esters is 1. The summed E-state index contributed by atoms with van der Waals surface area (Å²) < 4.78 is 5.67. The molecule has 0 spiro atoms. The van der Waals surface area contributed by atoms with E-state index < -0.39 is 5.41 Å². The molecule has 0 saturated heterocycles. The number of rotatable bonds is 6. The van der Waals surface area contributed by atoms with Crippen molar-refractivity contribution in [3.63, 3.8) is 0 Å². The summed E-state index contributed by atoms with van der Waals surface area (Å²) in [5.74, 6) is -0.0331. The minimum Gasteiger partial charge on any atom is -0.465 e. The molecule has 1 saturated carbocycles. The summed E-state index contributed by atoms with van der Waals surface area (Å²) in [7, 11) is 0. The Morgan fingerprint density at radius 3 is 2.17 bits per heavy atom. The summed E-state index contributed by atoms with van der Waals surface area (Å²) in [6.45, 7) is 0.502. The minimum absolute atomic E-state index is 0.0331. The molecule has 0 radical (unpaired) electrons. The van der Waals surface area contributed by atoms with E-state index in [1.807, 2.05) is 36.4 Å². The molecule has 2 heteroatoms. The second-order valence-corrected chi connectivity index (χ2v) is 6.38. The van der Waals surface area contributed by atoms with Gasteiger partial charge >= 0.3 is 5.97 Å². The van der Waals surface area contributed by atoms with Crippen molar-refractivity contribution in [3.8, 4) is 0 Å². The third-order valence-corrected chi connectivity index (χ3v) is 4.86. The van der Waals surface area contributed by atoms with E-state index in [-0.39, 0.29) is 5.97 Å². The average molecular weight is 308 g/mol. The molecule has 0 bridgehead atoms. The third kappa shape index (κ3) is 3.64. The van der Waals surface area contributed by atoms with Crippen LogP contribution in [0.3, 0.4) is 0 Å². The molecule has 2 aromatic rings. The van der Waals surface area contributed by atoms with Gasteiger partial charge in [-0.25, -0.2) is 0 Å². The summed E-state index contributed by atoms with van der Waals surface area (Å²) >= 11 is 0. The van der Waals surface area contributed by atoms with Gasteiger partial charge in [0.05, 0.1) is 12.0 Å². The van der Waals surface area contributed by atoms with Gasteiger partial charge in [0.2, 0.25) is 0 Å². The van der Waals surface area contributed by atoms with Gasteiger partial charge in [0, 0.05) is 0 Å². The quantitative estimate of drug-likeness (QED) is 0.572. The van der Waals surface area contributed by atoms with Crippen molar-refractivity contribution >= 4 is 5.97 Å². The van der Waals surface area contributed by atoms with E-state index in [1.165, 1.54) is 5.56 Å². The van der Waals surface area contributed by atoms with Gasteiger partial charge in [0.25, 0.3) is 0 Å². The molecular formula is C21H24O2. The van der Waals surface area contributed by atoms with E-state index in [0.29, 0.717) is 6.61 Å². The number of aryl methyl sites for hydroxylation is 1. The molecule has 0 aromatic heterocycles. The number of hydrogen-bond donors (Lipinski definition) is 0. The van der Waals surface area contributed by atoms with E-state index >= 15 is 0 Å². The number of hydrogen-bond acceptors (Lipinski definition) is 2. The molecule has 1 aliphatic rings. The molecule has 0 amide bonds. The van der Waals surface area contributed by atoms with Crippen LogP contribution < -0.4 is 0 Å². The van der Waals surface area contributed by atoms with Crippen LogP contribution in [0.1, 0.15) is 43.2 Å². The van der Waals surface area contributed by atoms with Crippen LogP contribution in [0.5, 0.6) is 0 Å². The van der Waals surface area contributed by atoms with Crippen molar-refractivity contribution in [2.75, 3.05) is 6.61 Å². The zero-order valence-electron chi connectivity index (χ0n) is 13.5. The van der Waals surface area contributed by atoms with Gasteiger partial charge in [-0.15, -0.1) is 0 Å². The van der Waals surface area contributed by atoms with Gasteiger partial charge in [0.15, 0.2) is 0 Å². The molecule has 0 atom stereocenters. The molecule has 2 nitrogen and oxygen atoms in total. The lowest BCUT2D eigenvalue weighted by Crippen LogP contribution is -2.35. The predicted molar refractivity (Wildman–Crippen MR) is 92.3 cm³/mol. The number of benzene rings is 2. The van der Waals surface area contributed by atoms with Gasteiger partial charge in [-0.2, -0.15) is 0 Å². The van der Waals surface area contributed by atoms with E-state index in [9.17, 15) is 4.79 Å². The Morgan fingerprint density at radius 2 is 1.52 bits per heavy atom. The van der Waals surface area contributed by atoms with Gasteiger partial charge in [-0.1, -0.05) is 73.5 Å². The van der Waals surface area contributed by atoms with Crippen LogP contribution >= 0.6 is 0 Å². The molecule has 1 aliphatic carbocycles. The highest BCUT2D eigenvalue weighted by Crippen LogP contribution is 2.42. The predicted octanol–water partition coefficient (Wildman–Crippen LogP) is 4.67. The highest BCUT2D eigenvalue weighted by atomic mass is 16.5. The Morgan fingerprint density at radius 1 is 0.913 bits per heavy atom. The summed E-state index contributed by atoms with van der Waals surface area (Å²) in [6, 6.07) is 20.5. The first-order valence-electron chi connectivity index (χ1n) is 8.58. The molecule has 0 unspecified atom stereocenters. The maximum absolute atomic E-state index is 12.8. The first-order valence-corrected chi connectivity index (χ1v) is 8.58. The monoisotopic (exact) mass is 308 g/mol. The maximum atomic E-state index is 12.8. The zero-order chi connectivity index (χ0) is 16.0. The van der Waals surface area contributed by atoms with Crippen LogP contribution in [0.4, 0.5) is 0 Å². The molecule has 120 valence electrons. The van der Waals surface area contributed by atoms with Gasteiger partial charge in [-0.3, -0.25) is 4.79 Å². The van der Waals surface area contributed by atoms with E-state index in [2.05, 4.69) is 24.3 Å². The summed E-state index contributed by atoms with van der Waals surface area (Å²) in [4.78, 5) is 12.8. The van der Waals surface area contributed by atoms with Crippen LogP contribution in [0.2, 0.25) is 0 Å². The minimum atomic E-state index is -0.409. The summed E-state index contributed by atoms with van der Waals surface area (Å²) in [5, 5.41) is 0. The fraction of sp³-hybridized carbons (Fsp3) is 0.381. The van der Waals surface area contributed by atoms with Crippen molar-refractivity contribution in [1.82, 2.24) is 0 Å². The van der Waals surface area contributed by atoms with Crippen LogP contribution in [0.15, 0.2) is 60.7 Å². The van der Waals surface area contributed by atoms with E-state index in [1.54, 1.807) is 0 Å². The molecule has 1 fully saturated rings. The standard InChI is InChI=1S/C21H24O2/c22-20(23-17-9-12-18-10-3-1-4-11-18)21(15-7-8-16-21)19-13-5-2-6-14-19/h1-6,10-11,13-14H,7-9,12,15-17H2. The molecule has 0 N–H and O–H groups in total. The van der Waals surface area contributed by atoms with E-state index in [4.69, 9.17) is 4.74 Å². The zero-order valence-corrected chi connectivity index (χ0v) is 13.5. The fourth-order valence-electron chi connectivity index (χ4n) is 3.57. The Labute approximate surface area is 138 Å². The lowest BCUT2D eigenvalue weighted by Gasteiger charge is -2.27. The number of ether oxygens (including phenoxy) is 1. The van der Waals surface area contributed by atoms with Gasteiger partial charge in [-0.05, 0) is 36.8 Å². The van der Waals surface area contributed by atoms with Crippen molar-refractivity contribution in [1.29, 1.82) is 0 Å². The van der Waals surface area contributed by atoms with E-state index in [0.717, 1.165) is 44.1 Å². The smallest absolute Gasteiger partial charge is 0.316 e. The van der Waals surface area contributed by atoms with Crippen LogP contribution in [-0.2, 0) is 21.4 Å². The first-order chi connectivity index (χ1) is 11.3. The Bertz CT molecular complexity index is 613. The molecular weight excluding hydrogens is 284 g/mol. The second-order valence-electron chi connectivity index (χ2n) is 6.38. The third-order valence-electron chi connectivity index (χ3n) is 4.86. The molecule has 23 heavy (non-hydrogen) atoms. The van der Waals surface area contributed by atoms with Crippen molar-refractivity contribution in [3.05, 3.63) is 71.8 Å².